The highest BCUT2D eigenvalue weighted by molar-refractivity contribution is 5.79. The van der Waals surface area contributed by atoms with Crippen LogP contribution in [0.1, 0.15) is 30.5 Å². The summed E-state index contributed by atoms with van der Waals surface area (Å²) in [5.74, 6) is 0.869. The smallest absolute Gasteiger partial charge is 0.222 e. The third-order valence-electron chi connectivity index (χ3n) is 5.04. The first-order valence-corrected chi connectivity index (χ1v) is 10.1. The highest BCUT2D eigenvalue weighted by Gasteiger charge is 2.15. The van der Waals surface area contributed by atoms with E-state index in [4.69, 9.17) is 4.98 Å². The molecule has 0 aliphatic rings. The first-order chi connectivity index (χ1) is 14.6. The van der Waals surface area contributed by atoms with E-state index in [0.717, 1.165) is 28.3 Å². The van der Waals surface area contributed by atoms with E-state index >= 15 is 0 Å². The van der Waals surface area contributed by atoms with Gasteiger partial charge >= 0.3 is 0 Å². The second kappa shape index (κ2) is 8.78. The first-order valence-electron chi connectivity index (χ1n) is 10.1. The van der Waals surface area contributed by atoms with Crippen molar-refractivity contribution in [3.8, 4) is 11.3 Å². The predicted molar refractivity (Wildman–Crippen MR) is 119 cm³/mol. The third kappa shape index (κ3) is 4.33. The number of rotatable bonds is 7. The summed E-state index contributed by atoms with van der Waals surface area (Å²) in [6, 6.07) is 18.2. The molecular weight excluding hydrogens is 374 g/mol. The Morgan fingerprint density at radius 2 is 1.97 bits per heavy atom. The molecule has 2 heterocycles. The number of hydrogen-bond donors (Lipinski definition) is 2. The molecule has 0 fully saturated rings. The van der Waals surface area contributed by atoms with Crippen LogP contribution in [0.5, 0.6) is 0 Å². The highest BCUT2D eigenvalue weighted by atomic mass is 16.1. The van der Waals surface area contributed by atoms with E-state index in [9.17, 15) is 4.79 Å². The fourth-order valence-corrected chi connectivity index (χ4v) is 3.50. The lowest BCUT2D eigenvalue weighted by Gasteiger charge is -2.15. The van der Waals surface area contributed by atoms with Crippen LogP contribution >= 0.6 is 0 Å². The van der Waals surface area contributed by atoms with Crippen molar-refractivity contribution in [1.29, 1.82) is 0 Å². The highest BCUT2D eigenvalue weighted by Crippen LogP contribution is 2.29. The van der Waals surface area contributed by atoms with Crippen molar-refractivity contribution in [2.24, 2.45) is 0 Å². The van der Waals surface area contributed by atoms with Gasteiger partial charge in [-0.3, -0.25) is 14.2 Å². The van der Waals surface area contributed by atoms with E-state index in [-0.39, 0.29) is 11.9 Å². The Balaban J connectivity index is 1.47. The zero-order chi connectivity index (χ0) is 20.9. The van der Waals surface area contributed by atoms with Crippen LogP contribution in [0.4, 0.5) is 5.82 Å². The molecule has 2 aromatic carbocycles. The fraction of sp³-hybridized carbons (Fsp3) is 0.208. The summed E-state index contributed by atoms with van der Waals surface area (Å²) in [6.45, 7) is 4.56. The van der Waals surface area contributed by atoms with E-state index in [1.807, 2.05) is 60.0 Å². The van der Waals surface area contributed by atoms with Crippen molar-refractivity contribution in [3.63, 3.8) is 0 Å². The standard InChI is InChI=1S/C24H25N5O/c1-17-7-6-10-20(15-17)23-24(29-14-13-25-16-21(29)28-23)26-12-11-22(30)27-18(2)19-8-4-3-5-9-19/h3-10,13-16,18,26H,11-12H2,1-2H3,(H,27,30). The number of fused-ring (bicyclic) bond motifs is 1. The lowest BCUT2D eigenvalue weighted by molar-refractivity contribution is -0.121. The zero-order valence-corrected chi connectivity index (χ0v) is 17.2. The summed E-state index contributed by atoms with van der Waals surface area (Å²) in [6.07, 6.45) is 5.71. The van der Waals surface area contributed by atoms with Gasteiger partial charge in [0.15, 0.2) is 5.65 Å². The van der Waals surface area contributed by atoms with Crippen LogP contribution in [-0.4, -0.2) is 26.8 Å². The average Bonchev–Trinajstić information content (AvgIpc) is 3.13. The molecule has 0 bridgehead atoms. The zero-order valence-electron chi connectivity index (χ0n) is 17.2. The van der Waals surface area contributed by atoms with Gasteiger partial charge in [0, 0.05) is 30.9 Å². The molecule has 0 spiro atoms. The number of imidazole rings is 1. The molecule has 0 aliphatic carbocycles. The normalized spacial score (nSPS) is 11.9. The van der Waals surface area contributed by atoms with Crippen LogP contribution in [0, 0.1) is 6.92 Å². The molecule has 152 valence electrons. The number of aryl methyl sites for hydroxylation is 1. The van der Waals surface area contributed by atoms with E-state index in [1.54, 1.807) is 12.4 Å². The number of amides is 1. The molecule has 6 nitrogen and oxygen atoms in total. The van der Waals surface area contributed by atoms with Gasteiger partial charge in [0.05, 0.1) is 12.2 Å². The number of carbonyl (C=O) groups excluding carboxylic acids is 1. The SMILES string of the molecule is Cc1cccc(-c2nc3cnccn3c2NCCC(=O)NC(C)c2ccccc2)c1. The molecule has 0 radical (unpaired) electrons. The van der Waals surface area contributed by atoms with Crippen LogP contribution in [0.25, 0.3) is 16.9 Å². The number of nitrogens with one attached hydrogen (secondary N) is 2. The second-order valence-electron chi connectivity index (χ2n) is 7.36. The topological polar surface area (TPSA) is 71.3 Å². The molecular formula is C24H25N5O. The van der Waals surface area contributed by atoms with Gasteiger partial charge in [0.2, 0.25) is 5.91 Å². The number of anilines is 1. The molecule has 1 atom stereocenters. The lowest BCUT2D eigenvalue weighted by Crippen LogP contribution is -2.28. The second-order valence-corrected chi connectivity index (χ2v) is 7.36. The molecule has 4 aromatic rings. The fourth-order valence-electron chi connectivity index (χ4n) is 3.50. The van der Waals surface area contributed by atoms with Gasteiger partial charge in [-0.1, -0.05) is 54.1 Å². The maximum atomic E-state index is 12.4. The lowest BCUT2D eigenvalue weighted by atomic mass is 10.1. The van der Waals surface area contributed by atoms with E-state index in [1.165, 1.54) is 5.56 Å². The van der Waals surface area contributed by atoms with Crippen LogP contribution < -0.4 is 10.6 Å². The third-order valence-corrected chi connectivity index (χ3v) is 5.04. The Morgan fingerprint density at radius 1 is 1.13 bits per heavy atom. The molecule has 4 rings (SSSR count). The summed E-state index contributed by atoms with van der Waals surface area (Å²) in [4.78, 5) is 21.4. The molecule has 0 saturated carbocycles. The van der Waals surface area contributed by atoms with Crippen molar-refractivity contribution in [2.75, 3.05) is 11.9 Å². The molecule has 1 amide bonds. The number of nitrogens with zero attached hydrogens (tertiary/aromatic N) is 3. The van der Waals surface area contributed by atoms with E-state index in [0.29, 0.717) is 13.0 Å². The van der Waals surface area contributed by atoms with E-state index in [2.05, 4.69) is 34.7 Å². The quantitative estimate of drug-likeness (QED) is 0.484. The number of hydrogen-bond acceptors (Lipinski definition) is 4. The Hall–Kier alpha value is -3.67. The van der Waals surface area contributed by atoms with Crippen LogP contribution in [0.2, 0.25) is 0 Å². The van der Waals surface area contributed by atoms with Gasteiger partial charge in [-0.15, -0.1) is 0 Å². The van der Waals surface area contributed by atoms with Crippen molar-refractivity contribution in [2.45, 2.75) is 26.3 Å². The van der Waals surface area contributed by atoms with Crippen molar-refractivity contribution in [1.82, 2.24) is 19.7 Å². The molecule has 0 saturated heterocycles. The molecule has 0 aliphatic heterocycles. The van der Waals surface area contributed by atoms with Gasteiger partial charge in [0.1, 0.15) is 11.5 Å². The first kappa shape index (κ1) is 19.6. The molecule has 1 unspecified atom stereocenters. The average molecular weight is 399 g/mol. The molecule has 2 N–H and O–H groups in total. The summed E-state index contributed by atoms with van der Waals surface area (Å²) >= 11 is 0. The minimum atomic E-state index is -0.0246. The van der Waals surface area contributed by atoms with E-state index < -0.39 is 0 Å². The summed E-state index contributed by atoms with van der Waals surface area (Å²) in [5, 5.41) is 6.47. The van der Waals surface area contributed by atoms with Gasteiger partial charge in [-0.25, -0.2) is 4.98 Å². The number of benzene rings is 2. The van der Waals surface area contributed by atoms with Gasteiger partial charge in [-0.05, 0) is 25.5 Å². The van der Waals surface area contributed by atoms with Crippen molar-refractivity contribution < 1.29 is 4.79 Å². The maximum absolute atomic E-state index is 12.4. The monoisotopic (exact) mass is 399 g/mol. The van der Waals surface area contributed by atoms with Crippen LogP contribution in [0.15, 0.2) is 73.2 Å². The van der Waals surface area contributed by atoms with Crippen LogP contribution in [0.3, 0.4) is 0 Å². The van der Waals surface area contributed by atoms with Gasteiger partial charge in [0.25, 0.3) is 0 Å². The Bertz CT molecular complexity index is 1150. The van der Waals surface area contributed by atoms with Gasteiger partial charge in [-0.2, -0.15) is 0 Å². The molecule has 6 heteroatoms. The van der Waals surface area contributed by atoms with Gasteiger partial charge < -0.3 is 10.6 Å². The maximum Gasteiger partial charge on any atom is 0.222 e. The molecule has 30 heavy (non-hydrogen) atoms. The molecule has 2 aromatic heterocycles. The predicted octanol–water partition coefficient (Wildman–Crippen LogP) is 4.38. The summed E-state index contributed by atoms with van der Waals surface area (Å²) < 4.78 is 1.97. The number of carbonyl (C=O) groups is 1. The summed E-state index contributed by atoms with van der Waals surface area (Å²) in [5.41, 5.74) is 4.91. The Morgan fingerprint density at radius 3 is 2.77 bits per heavy atom. The Labute approximate surface area is 176 Å². The largest absolute Gasteiger partial charge is 0.369 e. The number of aromatic nitrogens is 3. The summed E-state index contributed by atoms with van der Waals surface area (Å²) in [7, 11) is 0. The van der Waals surface area contributed by atoms with Crippen molar-refractivity contribution >= 4 is 17.4 Å². The minimum absolute atomic E-state index is 0.00597. The minimum Gasteiger partial charge on any atom is -0.369 e. The van der Waals surface area contributed by atoms with Crippen LogP contribution in [-0.2, 0) is 4.79 Å². The Kier molecular flexibility index (Phi) is 5.75. The van der Waals surface area contributed by atoms with Crippen molar-refractivity contribution in [3.05, 3.63) is 84.3 Å².